The SMILES string of the molecule is O[P+](O)(O)N1CCCCC1. The molecule has 0 unspecified atom stereocenters. The summed E-state index contributed by atoms with van der Waals surface area (Å²) in [6.07, 6.45) is 3.02. The highest BCUT2D eigenvalue weighted by molar-refractivity contribution is 7.56. The Labute approximate surface area is 60.7 Å². The Bertz CT molecular complexity index is 108. The molecule has 0 aromatic carbocycles. The van der Waals surface area contributed by atoms with Crippen LogP contribution < -0.4 is 0 Å². The molecule has 0 atom stereocenters. The summed E-state index contributed by atoms with van der Waals surface area (Å²) in [7, 11) is -3.66. The van der Waals surface area contributed by atoms with Crippen LogP contribution in [0.5, 0.6) is 0 Å². The van der Waals surface area contributed by atoms with Crippen molar-refractivity contribution < 1.29 is 14.7 Å². The van der Waals surface area contributed by atoms with Crippen LogP contribution in [0.4, 0.5) is 0 Å². The third-order valence-corrected chi connectivity index (χ3v) is 2.87. The zero-order chi connectivity index (χ0) is 7.61. The van der Waals surface area contributed by atoms with E-state index in [4.69, 9.17) is 14.7 Å². The van der Waals surface area contributed by atoms with Crippen molar-refractivity contribution in [1.82, 2.24) is 4.67 Å². The summed E-state index contributed by atoms with van der Waals surface area (Å²) in [5.41, 5.74) is 0. The predicted octanol–water partition coefficient (Wildman–Crippen LogP) is 0.127. The lowest BCUT2D eigenvalue weighted by atomic mass is 10.2. The summed E-state index contributed by atoms with van der Waals surface area (Å²) in [4.78, 5) is 26.4. The molecular formula is C5H13NO3P+. The molecule has 0 radical (unpaired) electrons. The Morgan fingerprint density at radius 3 is 1.70 bits per heavy atom. The zero-order valence-corrected chi connectivity index (χ0v) is 6.67. The lowest BCUT2D eigenvalue weighted by molar-refractivity contribution is 0.210. The van der Waals surface area contributed by atoms with Crippen LogP contribution in [-0.2, 0) is 0 Å². The first-order valence-corrected chi connectivity index (χ1v) is 5.03. The molecule has 0 spiro atoms. The van der Waals surface area contributed by atoms with E-state index in [-0.39, 0.29) is 0 Å². The van der Waals surface area contributed by atoms with Gasteiger partial charge < -0.3 is 0 Å². The average molecular weight is 166 g/mol. The smallest absolute Gasteiger partial charge is 0.178 e. The van der Waals surface area contributed by atoms with Gasteiger partial charge in [0.2, 0.25) is 0 Å². The maximum atomic E-state index is 8.79. The van der Waals surface area contributed by atoms with E-state index < -0.39 is 8.09 Å². The molecule has 0 aromatic rings. The van der Waals surface area contributed by atoms with Gasteiger partial charge in [0.25, 0.3) is 0 Å². The Balaban J connectivity index is 2.39. The highest BCUT2D eigenvalue weighted by Gasteiger charge is 2.40. The van der Waals surface area contributed by atoms with Gasteiger partial charge in [0, 0.05) is 13.1 Å². The van der Waals surface area contributed by atoms with Gasteiger partial charge in [-0.1, -0.05) is 6.42 Å². The van der Waals surface area contributed by atoms with Gasteiger partial charge in [0.1, 0.15) is 0 Å². The molecule has 4 nitrogen and oxygen atoms in total. The van der Waals surface area contributed by atoms with E-state index >= 15 is 0 Å². The van der Waals surface area contributed by atoms with Gasteiger partial charge in [-0.05, 0) is 12.8 Å². The third kappa shape index (κ3) is 2.15. The van der Waals surface area contributed by atoms with Crippen molar-refractivity contribution in [1.29, 1.82) is 0 Å². The van der Waals surface area contributed by atoms with E-state index in [1.165, 1.54) is 4.67 Å². The van der Waals surface area contributed by atoms with Crippen molar-refractivity contribution in [3.63, 3.8) is 0 Å². The number of hydrogen-bond acceptors (Lipinski definition) is 4. The predicted molar refractivity (Wildman–Crippen MR) is 39.0 cm³/mol. The maximum absolute atomic E-state index is 8.79. The largest absolute Gasteiger partial charge is 0.496 e. The molecule has 5 heteroatoms. The fourth-order valence-electron chi connectivity index (χ4n) is 1.15. The lowest BCUT2D eigenvalue weighted by Crippen LogP contribution is -2.29. The second-order valence-electron chi connectivity index (χ2n) is 2.55. The second-order valence-corrected chi connectivity index (χ2v) is 4.19. The van der Waals surface area contributed by atoms with Crippen LogP contribution in [0.25, 0.3) is 0 Å². The standard InChI is InChI=1S/C5H13NO3P/c7-10(8,9)6-4-2-1-3-5-6/h7-9H,1-5H2/q+1. The van der Waals surface area contributed by atoms with E-state index in [2.05, 4.69) is 0 Å². The van der Waals surface area contributed by atoms with E-state index in [1.807, 2.05) is 0 Å². The molecule has 0 amide bonds. The highest BCUT2D eigenvalue weighted by atomic mass is 31.2. The summed E-state index contributed by atoms with van der Waals surface area (Å²) in [5.74, 6) is 0. The third-order valence-electron chi connectivity index (χ3n) is 1.71. The molecule has 1 rings (SSSR count). The Morgan fingerprint density at radius 2 is 1.40 bits per heavy atom. The fraction of sp³-hybridized carbons (Fsp3) is 1.00. The van der Waals surface area contributed by atoms with Gasteiger partial charge in [0.15, 0.2) is 0 Å². The van der Waals surface area contributed by atoms with Crippen molar-refractivity contribution in [2.75, 3.05) is 13.1 Å². The van der Waals surface area contributed by atoms with Crippen molar-refractivity contribution in [2.45, 2.75) is 19.3 Å². The summed E-state index contributed by atoms with van der Waals surface area (Å²) in [6.45, 7) is 1.22. The van der Waals surface area contributed by atoms with E-state index in [1.54, 1.807) is 0 Å². The van der Waals surface area contributed by atoms with Crippen molar-refractivity contribution >= 4 is 8.09 Å². The molecule has 1 fully saturated rings. The van der Waals surface area contributed by atoms with Crippen LogP contribution >= 0.6 is 8.09 Å². The number of hydrogen-bond donors (Lipinski definition) is 3. The molecule has 60 valence electrons. The molecule has 1 aliphatic heterocycles. The molecule has 1 aliphatic rings. The summed E-state index contributed by atoms with van der Waals surface area (Å²) in [6, 6.07) is 0. The van der Waals surface area contributed by atoms with Crippen LogP contribution in [0.3, 0.4) is 0 Å². The molecular weight excluding hydrogens is 153 g/mol. The molecule has 0 aliphatic carbocycles. The Kier molecular flexibility index (Phi) is 2.61. The normalized spacial score (nSPS) is 23.1. The van der Waals surface area contributed by atoms with Crippen LogP contribution in [0, 0.1) is 0 Å². The molecule has 1 saturated heterocycles. The quantitative estimate of drug-likeness (QED) is 0.484. The summed E-state index contributed by atoms with van der Waals surface area (Å²) in [5, 5.41) is 0. The molecule has 1 heterocycles. The first-order valence-electron chi connectivity index (χ1n) is 3.43. The fourth-order valence-corrected chi connectivity index (χ4v) is 1.97. The first-order chi connectivity index (χ1) is 4.61. The van der Waals surface area contributed by atoms with Gasteiger partial charge in [-0.2, -0.15) is 14.7 Å². The molecule has 10 heavy (non-hydrogen) atoms. The van der Waals surface area contributed by atoms with Crippen LogP contribution in [0.15, 0.2) is 0 Å². The van der Waals surface area contributed by atoms with Crippen molar-refractivity contribution in [3.8, 4) is 0 Å². The van der Waals surface area contributed by atoms with E-state index in [0.29, 0.717) is 13.1 Å². The summed E-state index contributed by atoms with van der Waals surface area (Å²) >= 11 is 0. The maximum Gasteiger partial charge on any atom is 0.496 e. The number of piperidine rings is 1. The minimum atomic E-state index is -3.66. The Hall–Kier alpha value is 0.270. The van der Waals surface area contributed by atoms with Crippen LogP contribution in [-0.4, -0.2) is 32.4 Å². The van der Waals surface area contributed by atoms with Crippen LogP contribution in [0.2, 0.25) is 0 Å². The molecule has 0 bridgehead atoms. The highest BCUT2D eigenvalue weighted by Crippen LogP contribution is 2.49. The zero-order valence-electron chi connectivity index (χ0n) is 5.77. The van der Waals surface area contributed by atoms with Crippen LogP contribution in [0.1, 0.15) is 19.3 Å². The second kappa shape index (κ2) is 3.11. The van der Waals surface area contributed by atoms with Gasteiger partial charge in [-0.3, -0.25) is 0 Å². The van der Waals surface area contributed by atoms with E-state index in [0.717, 1.165) is 19.3 Å². The summed E-state index contributed by atoms with van der Waals surface area (Å²) < 4.78 is 1.36. The molecule has 0 saturated carbocycles. The minimum absolute atomic E-state index is 0.608. The first kappa shape index (κ1) is 8.37. The van der Waals surface area contributed by atoms with Crippen molar-refractivity contribution in [3.05, 3.63) is 0 Å². The average Bonchev–Trinajstić information content (AvgIpc) is 1.88. The topological polar surface area (TPSA) is 63.9 Å². The number of rotatable bonds is 1. The van der Waals surface area contributed by atoms with Gasteiger partial charge in [-0.25, -0.2) is 0 Å². The minimum Gasteiger partial charge on any atom is -0.178 e. The monoisotopic (exact) mass is 166 g/mol. The number of nitrogens with zero attached hydrogens (tertiary/aromatic N) is 1. The van der Waals surface area contributed by atoms with Gasteiger partial charge in [-0.15, -0.1) is 4.67 Å². The Morgan fingerprint density at radius 1 is 0.900 bits per heavy atom. The molecule has 3 N–H and O–H groups in total. The van der Waals surface area contributed by atoms with Crippen molar-refractivity contribution in [2.24, 2.45) is 0 Å². The van der Waals surface area contributed by atoms with E-state index in [9.17, 15) is 0 Å². The van der Waals surface area contributed by atoms with Gasteiger partial charge in [0.05, 0.1) is 0 Å². The lowest BCUT2D eigenvalue weighted by Gasteiger charge is -2.23. The van der Waals surface area contributed by atoms with Gasteiger partial charge >= 0.3 is 8.09 Å². The molecule has 0 aromatic heterocycles.